The fourth-order valence-electron chi connectivity index (χ4n) is 2.75. The molecule has 0 aliphatic carbocycles. The van der Waals surface area contributed by atoms with Crippen LogP contribution < -0.4 is 5.32 Å². The molecule has 1 atom stereocenters. The standard InChI is InChI=1S/C17H25N3O2.ClH/c1-4-19(5-2)16(21)14-6-8-15(9-7-14)17(22)20-11-10-18-13(3)12-20;/h6-9,13,18H,4-5,10-12H2,1-3H3;1H. The number of hydrogen-bond donors (Lipinski definition) is 1. The number of piperazine rings is 1. The van der Waals surface area contributed by atoms with E-state index in [0.29, 0.717) is 30.3 Å². The zero-order valence-corrected chi connectivity index (χ0v) is 14.9. The van der Waals surface area contributed by atoms with Gasteiger partial charge >= 0.3 is 0 Å². The molecule has 1 unspecified atom stereocenters. The van der Waals surface area contributed by atoms with Crippen molar-refractivity contribution in [3.05, 3.63) is 35.4 Å². The first-order valence-corrected chi connectivity index (χ1v) is 7.98. The zero-order valence-electron chi connectivity index (χ0n) is 14.0. The number of benzene rings is 1. The Labute approximate surface area is 144 Å². The number of carbonyl (C=O) groups excluding carboxylic acids is 2. The van der Waals surface area contributed by atoms with Crippen LogP contribution >= 0.6 is 12.4 Å². The van der Waals surface area contributed by atoms with Gasteiger partial charge in [-0.05, 0) is 45.0 Å². The first-order valence-electron chi connectivity index (χ1n) is 7.98. The number of halogens is 1. The largest absolute Gasteiger partial charge is 0.339 e. The molecule has 1 aromatic rings. The lowest BCUT2D eigenvalue weighted by Crippen LogP contribution is -2.51. The first-order chi connectivity index (χ1) is 10.6. The highest BCUT2D eigenvalue weighted by Crippen LogP contribution is 2.11. The lowest BCUT2D eigenvalue weighted by molar-refractivity contribution is 0.0707. The maximum absolute atomic E-state index is 12.5. The number of nitrogens with zero attached hydrogens (tertiary/aromatic N) is 2. The predicted octanol–water partition coefficient (Wildman–Crippen LogP) is 2.02. The number of carbonyl (C=O) groups is 2. The molecule has 1 fully saturated rings. The van der Waals surface area contributed by atoms with E-state index in [0.717, 1.165) is 19.6 Å². The van der Waals surface area contributed by atoms with Crippen LogP contribution in [0.15, 0.2) is 24.3 Å². The Kier molecular flexibility index (Phi) is 7.52. The van der Waals surface area contributed by atoms with E-state index in [1.54, 1.807) is 29.2 Å². The molecule has 0 aromatic heterocycles. The highest BCUT2D eigenvalue weighted by atomic mass is 35.5. The zero-order chi connectivity index (χ0) is 16.1. The van der Waals surface area contributed by atoms with E-state index in [1.165, 1.54) is 0 Å². The van der Waals surface area contributed by atoms with Gasteiger partial charge in [-0.1, -0.05) is 0 Å². The summed E-state index contributed by atoms with van der Waals surface area (Å²) in [6.07, 6.45) is 0. The molecule has 1 N–H and O–H groups in total. The van der Waals surface area contributed by atoms with Crippen LogP contribution in [0.4, 0.5) is 0 Å². The van der Waals surface area contributed by atoms with Crippen molar-refractivity contribution in [1.82, 2.24) is 15.1 Å². The number of amides is 2. The third-order valence-electron chi connectivity index (χ3n) is 4.09. The van der Waals surface area contributed by atoms with Crippen molar-refractivity contribution in [2.45, 2.75) is 26.8 Å². The van der Waals surface area contributed by atoms with Crippen LogP contribution in [0.25, 0.3) is 0 Å². The summed E-state index contributed by atoms with van der Waals surface area (Å²) < 4.78 is 0. The van der Waals surface area contributed by atoms with Gasteiger partial charge in [-0.2, -0.15) is 0 Å². The highest BCUT2D eigenvalue weighted by molar-refractivity contribution is 5.97. The summed E-state index contributed by atoms with van der Waals surface area (Å²) in [4.78, 5) is 28.4. The minimum Gasteiger partial charge on any atom is -0.339 e. The quantitative estimate of drug-likeness (QED) is 0.913. The van der Waals surface area contributed by atoms with E-state index >= 15 is 0 Å². The summed E-state index contributed by atoms with van der Waals surface area (Å²) in [6.45, 7) is 9.65. The van der Waals surface area contributed by atoms with Gasteiger partial charge in [0, 0.05) is 49.9 Å². The summed E-state index contributed by atoms with van der Waals surface area (Å²) in [7, 11) is 0. The van der Waals surface area contributed by atoms with Crippen molar-refractivity contribution in [1.29, 1.82) is 0 Å². The lowest BCUT2D eigenvalue weighted by atomic mass is 10.1. The molecule has 6 heteroatoms. The molecular weight excluding hydrogens is 314 g/mol. The number of rotatable bonds is 4. The van der Waals surface area contributed by atoms with Gasteiger partial charge < -0.3 is 15.1 Å². The maximum Gasteiger partial charge on any atom is 0.253 e. The van der Waals surface area contributed by atoms with Gasteiger partial charge in [0.25, 0.3) is 11.8 Å². The molecule has 1 aliphatic heterocycles. The van der Waals surface area contributed by atoms with Crippen LogP contribution in [0.1, 0.15) is 41.5 Å². The van der Waals surface area contributed by atoms with E-state index in [2.05, 4.69) is 12.2 Å². The SMILES string of the molecule is CCN(CC)C(=O)c1ccc(C(=O)N2CCNC(C)C2)cc1.Cl. The van der Waals surface area contributed by atoms with Crippen LogP contribution in [-0.2, 0) is 0 Å². The predicted molar refractivity (Wildman–Crippen MR) is 94.3 cm³/mol. The molecule has 5 nitrogen and oxygen atoms in total. The summed E-state index contributed by atoms with van der Waals surface area (Å²) in [5, 5.41) is 3.32. The molecule has 1 aliphatic rings. The van der Waals surface area contributed by atoms with Crippen LogP contribution in [0.3, 0.4) is 0 Å². The molecule has 1 saturated heterocycles. The molecule has 0 radical (unpaired) electrons. The molecule has 2 amide bonds. The number of hydrogen-bond acceptors (Lipinski definition) is 3. The Balaban J connectivity index is 0.00000264. The number of nitrogens with one attached hydrogen (secondary N) is 1. The molecular formula is C17H26ClN3O2. The van der Waals surface area contributed by atoms with Crippen LogP contribution in [-0.4, -0.2) is 60.4 Å². The molecule has 128 valence electrons. The van der Waals surface area contributed by atoms with E-state index in [4.69, 9.17) is 0 Å². The molecule has 23 heavy (non-hydrogen) atoms. The Bertz CT molecular complexity index is 529. The molecule has 0 saturated carbocycles. The average molecular weight is 340 g/mol. The molecule has 0 bridgehead atoms. The van der Waals surface area contributed by atoms with Crippen LogP contribution in [0.5, 0.6) is 0 Å². The first kappa shape index (κ1) is 19.5. The minimum atomic E-state index is 0. The topological polar surface area (TPSA) is 52.7 Å². The van der Waals surface area contributed by atoms with Crippen LogP contribution in [0.2, 0.25) is 0 Å². The van der Waals surface area contributed by atoms with Gasteiger partial charge in [-0.15, -0.1) is 12.4 Å². The van der Waals surface area contributed by atoms with Gasteiger partial charge in [0.15, 0.2) is 0 Å². The van der Waals surface area contributed by atoms with E-state index in [9.17, 15) is 9.59 Å². The lowest BCUT2D eigenvalue weighted by Gasteiger charge is -2.32. The van der Waals surface area contributed by atoms with Crippen molar-refractivity contribution >= 4 is 24.2 Å². The van der Waals surface area contributed by atoms with Crippen molar-refractivity contribution in [3.8, 4) is 0 Å². The van der Waals surface area contributed by atoms with Crippen molar-refractivity contribution in [3.63, 3.8) is 0 Å². The fourth-order valence-corrected chi connectivity index (χ4v) is 2.75. The Morgan fingerprint density at radius 2 is 1.74 bits per heavy atom. The second kappa shape index (κ2) is 8.89. The van der Waals surface area contributed by atoms with Gasteiger partial charge in [-0.25, -0.2) is 0 Å². The van der Waals surface area contributed by atoms with Crippen molar-refractivity contribution in [2.24, 2.45) is 0 Å². The van der Waals surface area contributed by atoms with Gasteiger partial charge in [0.1, 0.15) is 0 Å². The monoisotopic (exact) mass is 339 g/mol. The molecule has 0 spiro atoms. The second-order valence-corrected chi connectivity index (χ2v) is 5.66. The fraction of sp³-hybridized carbons (Fsp3) is 0.529. The Hall–Kier alpha value is -1.59. The Morgan fingerprint density at radius 3 is 2.26 bits per heavy atom. The van der Waals surface area contributed by atoms with E-state index < -0.39 is 0 Å². The normalized spacial score (nSPS) is 17.3. The van der Waals surface area contributed by atoms with Gasteiger partial charge in [0.2, 0.25) is 0 Å². The maximum atomic E-state index is 12.5. The van der Waals surface area contributed by atoms with Gasteiger partial charge in [0.05, 0.1) is 0 Å². The summed E-state index contributed by atoms with van der Waals surface area (Å²) in [5.74, 6) is 0.0509. The molecule has 1 aromatic carbocycles. The second-order valence-electron chi connectivity index (χ2n) is 5.66. The third-order valence-corrected chi connectivity index (χ3v) is 4.09. The smallest absolute Gasteiger partial charge is 0.253 e. The minimum absolute atomic E-state index is 0. The van der Waals surface area contributed by atoms with E-state index in [-0.39, 0.29) is 24.2 Å². The highest BCUT2D eigenvalue weighted by Gasteiger charge is 2.22. The van der Waals surface area contributed by atoms with E-state index in [1.807, 2.05) is 18.7 Å². The average Bonchev–Trinajstić information content (AvgIpc) is 2.55. The summed E-state index contributed by atoms with van der Waals surface area (Å²) in [6, 6.07) is 7.33. The van der Waals surface area contributed by atoms with Crippen molar-refractivity contribution in [2.75, 3.05) is 32.7 Å². The third kappa shape index (κ3) is 4.69. The summed E-state index contributed by atoms with van der Waals surface area (Å²) in [5.41, 5.74) is 1.28. The Morgan fingerprint density at radius 1 is 1.17 bits per heavy atom. The van der Waals surface area contributed by atoms with Crippen LogP contribution in [0, 0.1) is 0 Å². The molecule has 1 heterocycles. The van der Waals surface area contributed by atoms with Crippen molar-refractivity contribution < 1.29 is 9.59 Å². The van der Waals surface area contributed by atoms with Gasteiger partial charge in [-0.3, -0.25) is 9.59 Å². The molecule has 2 rings (SSSR count). The summed E-state index contributed by atoms with van der Waals surface area (Å²) >= 11 is 0.